The molecule has 2 aliphatic carbocycles. The normalized spacial score (nSPS) is 15.9. The fraction of sp³-hybridized carbons (Fsp3) is 0.312. The summed E-state index contributed by atoms with van der Waals surface area (Å²) in [6.07, 6.45) is 5.66. The van der Waals surface area contributed by atoms with E-state index in [2.05, 4.69) is 16.7 Å². The fourth-order valence-corrected chi connectivity index (χ4v) is 6.08. The molecule has 216 valence electrons. The van der Waals surface area contributed by atoms with E-state index in [1.165, 1.54) is 43.3 Å². The van der Waals surface area contributed by atoms with Gasteiger partial charge in [-0.2, -0.15) is 0 Å². The minimum Gasteiger partial charge on any atom is -0.481 e. The van der Waals surface area contributed by atoms with E-state index in [0.717, 1.165) is 50.9 Å². The Hall–Kier alpha value is -4.21. The van der Waals surface area contributed by atoms with Crippen molar-refractivity contribution in [2.45, 2.75) is 44.7 Å². The van der Waals surface area contributed by atoms with Crippen molar-refractivity contribution in [3.8, 4) is 28.3 Å². The number of anilines is 1. The van der Waals surface area contributed by atoms with Gasteiger partial charge in [-0.25, -0.2) is 9.78 Å². The van der Waals surface area contributed by atoms with Gasteiger partial charge in [0.05, 0.1) is 17.8 Å². The third-order valence-electron chi connectivity index (χ3n) is 8.21. The Morgan fingerprint density at radius 3 is 2.50 bits per heavy atom. The van der Waals surface area contributed by atoms with Crippen LogP contribution in [-0.4, -0.2) is 33.2 Å². The van der Waals surface area contributed by atoms with E-state index in [-0.39, 0.29) is 11.6 Å². The number of aromatic nitrogens is 3. The molecule has 1 saturated carbocycles. The zero-order valence-electron chi connectivity index (χ0n) is 24.0. The first-order valence-corrected chi connectivity index (χ1v) is 14.4. The van der Waals surface area contributed by atoms with E-state index < -0.39 is 17.2 Å². The van der Waals surface area contributed by atoms with Crippen LogP contribution in [0.25, 0.3) is 22.4 Å². The Morgan fingerprint density at radius 2 is 1.76 bits per heavy atom. The number of halogens is 1. The highest BCUT2D eigenvalue weighted by molar-refractivity contribution is 6.36. The minimum atomic E-state index is -0.660. The van der Waals surface area contributed by atoms with Crippen molar-refractivity contribution in [1.82, 2.24) is 19.4 Å². The summed E-state index contributed by atoms with van der Waals surface area (Å²) in [5.41, 5.74) is 5.53. The molecule has 0 spiro atoms. The third-order valence-corrected chi connectivity index (χ3v) is 8.61. The Kier molecular flexibility index (Phi) is 7.24. The van der Waals surface area contributed by atoms with Crippen LogP contribution < -0.4 is 26.6 Å². The highest BCUT2D eigenvalue weighted by Gasteiger charge is 2.33. The first-order valence-electron chi connectivity index (χ1n) is 14.0. The number of fused-ring (bicyclic) bond motifs is 1. The van der Waals surface area contributed by atoms with Crippen molar-refractivity contribution in [1.29, 1.82) is 0 Å². The van der Waals surface area contributed by atoms with Crippen LogP contribution in [0.5, 0.6) is 5.88 Å². The second kappa shape index (κ2) is 10.9. The van der Waals surface area contributed by atoms with Gasteiger partial charge >= 0.3 is 5.69 Å². The Morgan fingerprint density at radius 1 is 1.05 bits per heavy atom. The second-order valence-electron chi connectivity index (χ2n) is 11.0. The molecule has 1 fully saturated rings. The molecule has 42 heavy (non-hydrogen) atoms. The summed E-state index contributed by atoms with van der Waals surface area (Å²) in [6.45, 7) is 1.89. The van der Waals surface area contributed by atoms with Crippen molar-refractivity contribution in [3.63, 3.8) is 0 Å². The summed E-state index contributed by atoms with van der Waals surface area (Å²) < 4.78 is 7.88. The predicted octanol–water partition coefficient (Wildman–Crippen LogP) is 4.78. The van der Waals surface area contributed by atoms with Crippen LogP contribution in [0.15, 0.2) is 58.3 Å². The summed E-state index contributed by atoms with van der Waals surface area (Å²) in [5, 5.41) is 7.10. The number of rotatable bonds is 7. The lowest BCUT2D eigenvalue weighted by Crippen LogP contribution is -2.40. The molecule has 10 heteroatoms. The maximum absolute atomic E-state index is 13.1. The number of hydrogen-bond acceptors (Lipinski definition) is 6. The molecule has 2 aliphatic rings. The number of ether oxygens (including phenoxy) is 1. The fourth-order valence-electron chi connectivity index (χ4n) is 5.75. The van der Waals surface area contributed by atoms with Gasteiger partial charge in [0.1, 0.15) is 5.56 Å². The maximum Gasteiger partial charge on any atom is 0.330 e. The summed E-state index contributed by atoms with van der Waals surface area (Å²) >= 11 is 7.07. The van der Waals surface area contributed by atoms with Gasteiger partial charge in [-0.15, -0.1) is 0 Å². The first kappa shape index (κ1) is 27.9. The van der Waals surface area contributed by atoms with Crippen LogP contribution in [0, 0.1) is 6.92 Å². The van der Waals surface area contributed by atoms with E-state index in [1.807, 2.05) is 37.3 Å². The molecule has 2 aromatic heterocycles. The lowest BCUT2D eigenvalue weighted by molar-refractivity contribution is 0.102. The summed E-state index contributed by atoms with van der Waals surface area (Å²) in [6, 6.07) is 14.3. The SMILES string of the molecule is COc1nc(-c2cccc(-c3cccc(NC(=O)c4cn(C)c(=O)n(C)c4=O)c3C)c2Cl)cc2c1C(NC1CC1)CC2. The Bertz CT molecular complexity index is 1860. The van der Waals surface area contributed by atoms with Gasteiger partial charge in [-0.1, -0.05) is 41.9 Å². The van der Waals surface area contributed by atoms with Crippen LogP contribution in [0.1, 0.15) is 52.4 Å². The van der Waals surface area contributed by atoms with E-state index in [0.29, 0.717) is 22.6 Å². The monoisotopic (exact) mass is 585 g/mol. The molecule has 1 unspecified atom stereocenters. The number of nitrogens with one attached hydrogen (secondary N) is 2. The molecule has 0 saturated heterocycles. The molecular weight excluding hydrogens is 554 g/mol. The van der Waals surface area contributed by atoms with Crippen LogP contribution in [-0.2, 0) is 20.5 Å². The average Bonchev–Trinajstić information content (AvgIpc) is 3.72. The summed E-state index contributed by atoms with van der Waals surface area (Å²) in [5.74, 6) is 0.0280. The highest BCUT2D eigenvalue weighted by atomic mass is 35.5. The van der Waals surface area contributed by atoms with Gasteiger partial charge in [0.15, 0.2) is 0 Å². The standard InChI is InChI=1S/C32H32ClN5O4/c1-17-20(7-6-10-24(17)35-29(39)23-16-37(2)32(41)38(3)31(23)40)21-8-5-9-22(28(21)33)26-15-18-11-14-25(34-19-12-13-19)27(18)30(36-26)42-4/h5-10,15-16,19,25,34H,11-14H2,1-4H3,(H,35,39). The average molecular weight is 586 g/mol. The number of carbonyl (C=O) groups is 1. The highest BCUT2D eigenvalue weighted by Crippen LogP contribution is 2.43. The van der Waals surface area contributed by atoms with Crippen molar-refractivity contribution in [2.75, 3.05) is 12.4 Å². The van der Waals surface area contributed by atoms with Crippen molar-refractivity contribution in [2.24, 2.45) is 14.1 Å². The van der Waals surface area contributed by atoms with Crippen LogP contribution in [0.4, 0.5) is 5.69 Å². The van der Waals surface area contributed by atoms with Gasteiger partial charge in [0, 0.05) is 54.8 Å². The van der Waals surface area contributed by atoms with Crippen molar-refractivity contribution in [3.05, 3.63) is 96.8 Å². The lowest BCUT2D eigenvalue weighted by Gasteiger charge is -2.18. The van der Waals surface area contributed by atoms with Crippen molar-refractivity contribution < 1.29 is 9.53 Å². The zero-order valence-corrected chi connectivity index (χ0v) is 24.7. The number of nitrogens with zero attached hydrogens (tertiary/aromatic N) is 3. The molecule has 1 atom stereocenters. The molecular formula is C32H32ClN5O4. The van der Waals surface area contributed by atoms with Gasteiger partial charge in [-0.05, 0) is 61.4 Å². The molecule has 6 rings (SSSR count). The molecule has 9 nitrogen and oxygen atoms in total. The minimum absolute atomic E-state index is 0.129. The third kappa shape index (κ3) is 4.92. The molecule has 2 heterocycles. The number of benzene rings is 2. The van der Waals surface area contributed by atoms with E-state index in [4.69, 9.17) is 21.3 Å². The van der Waals surface area contributed by atoms with E-state index >= 15 is 0 Å². The summed E-state index contributed by atoms with van der Waals surface area (Å²) in [4.78, 5) is 42.6. The molecule has 4 aromatic rings. The largest absolute Gasteiger partial charge is 0.481 e. The number of hydrogen-bond donors (Lipinski definition) is 2. The topological polar surface area (TPSA) is 107 Å². The second-order valence-corrected chi connectivity index (χ2v) is 11.4. The lowest BCUT2D eigenvalue weighted by atomic mass is 9.96. The Labute approximate surface area is 248 Å². The molecule has 0 aliphatic heterocycles. The van der Waals surface area contributed by atoms with Crippen LogP contribution >= 0.6 is 11.6 Å². The van der Waals surface area contributed by atoms with Crippen LogP contribution in [0.3, 0.4) is 0 Å². The van der Waals surface area contributed by atoms with Gasteiger partial charge < -0.3 is 19.9 Å². The molecule has 2 N–H and O–H groups in total. The number of aryl methyl sites for hydroxylation is 2. The van der Waals surface area contributed by atoms with Gasteiger partial charge in [-0.3, -0.25) is 14.2 Å². The van der Waals surface area contributed by atoms with Gasteiger partial charge in [0.25, 0.3) is 11.5 Å². The number of amides is 1. The summed E-state index contributed by atoms with van der Waals surface area (Å²) in [7, 11) is 4.50. The number of carbonyl (C=O) groups excluding carboxylic acids is 1. The quantitative estimate of drug-likeness (QED) is 0.323. The van der Waals surface area contributed by atoms with E-state index in [9.17, 15) is 14.4 Å². The zero-order chi connectivity index (χ0) is 29.7. The van der Waals surface area contributed by atoms with Gasteiger partial charge in [0.2, 0.25) is 5.88 Å². The molecule has 2 aromatic carbocycles. The smallest absolute Gasteiger partial charge is 0.330 e. The molecule has 0 radical (unpaired) electrons. The first-order chi connectivity index (χ1) is 20.2. The number of pyridine rings is 1. The van der Waals surface area contributed by atoms with E-state index in [1.54, 1.807) is 13.2 Å². The molecule has 0 bridgehead atoms. The Balaban J connectivity index is 1.35. The van der Waals surface area contributed by atoms with Crippen molar-refractivity contribution >= 4 is 23.2 Å². The van der Waals surface area contributed by atoms with Crippen LogP contribution in [0.2, 0.25) is 5.02 Å². The maximum atomic E-state index is 13.1. The number of methoxy groups -OCH3 is 1. The predicted molar refractivity (Wildman–Crippen MR) is 164 cm³/mol. The molecule has 1 amide bonds.